The van der Waals surface area contributed by atoms with E-state index in [9.17, 15) is 0 Å². The molecule has 0 aromatic heterocycles. The van der Waals surface area contributed by atoms with E-state index in [1.165, 1.54) is 52.8 Å². The van der Waals surface area contributed by atoms with Gasteiger partial charge in [0.05, 0.1) is 0 Å². The second kappa shape index (κ2) is 8.78. The molecule has 0 aliphatic carbocycles. The van der Waals surface area contributed by atoms with Crippen molar-refractivity contribution < 1.29 is 0 Å². The van der Waals surface area contributed by atoms with Crippen LogP contribution in [0.4, 0.5) is 0 Å². The smallest absolute Gasteiger partial charge is 0.0448 e. The fourth-order valence-corrected chi connectivity index (χ4v) is 4.74. The van der Waals surface area contributed by atoms with E-state index in [4.69, 9.17) is 0 Å². The van der Waals surface area contributed by atoms with Gasteiger partial charge in [0.25, 0.3) is 0 Å². The lowest BCUT2D eigenvalue weighted by atomic mass is 9.76. The molecule has 0 saturated heterocycles. The van der Waals surface area contributed by atoms with Crippen molar-refractivity contribution in [3.8, 4) is 0 Å². The summed E-state index contributed by atoms with van der Waals surface area (Å²) in [6.45, 7) is 19.6. The van der Waals surface area contributed by atoms with Crippen LogP contribution in [-0.4, -0.2) is 10.9 Å². The summed E-state index contributed by atoms with van der Waals surface area (Å²) in [7, 11) is 0. The van der Waals surface area contributed by atoms with Crippen molar-refractivity contribution in [1.82, 2.24) is 4.90 Å². The van der Waals surface area contributed by atoms with Crippen LogP contribution in [0.15, 0.2) is 54.8 Å². The Balaban J connectivity index is 2.01. The van der Waals surface area contributed by atoms with Crippen molar-refractivity contribution in [3.63, 3.8) is 0 Å². The molecular formula is C28H39N. The molecule has 1 heteroatoms. The molecule has 1 aromatic rings. The average Bonchev–Trinajstić information content (AvgIpc) is 2.68. The minimum Gasteiger partial charge on any atom is -0.344 e. The number of rotatable bonds is 7. The number of nitrogens with zero attached hydrogens (tertiary/aromatic N) is 1. The molecule has 0 fully saturated rings. The van der Waals surface area contributed by atoms with E-state index in [-0.39, 0.29) is 5.41 Å². The van der Waals surface area contributed by atoms with Gasteiger partial charge in [0.15, 0.2) is 0 Å². The van der Waals surface area contributed by atoms with Gasteiger partial charge in [-0.05, 0) is 85.6 Å². The molecular weight excluding hydrogens is 350 g/mol. The summed E-state index contributed by atoms with van der Waals surface area (Å²) in [6, 6.07) is 5.50. The van der Waals surface area contributed by atoms with E-state index < -0.39 is 0 Å². The van der Waals surface area contributed by atoms with Crippen LogP contribution in [0.2, 0.25) is 0 Å². The van der Waals surface area contributed by atoms with E-state index in [2.05, 4.69) is 77.1 Å². The van der Waals surface area contributed by atoms with Crippen LogP contribution in [0, 0.1) is 5.41 Å². The molecule has 156 valence electrons. The highest BCUT2D eigenvalue weighted by atomic mass is 15.2. The molecule has 0 saturated carbocycles. The van der Waals surface area contributed by atoms with E-state index in [1.807, 2.05) is 6.08 Å². The SMILES string of the molecule is C=CCCCCc1cc2c(cc1CC)C1=CCC(C(=C)C)=CN1C(C(C)(C)C)C2. The van der Waals surface area contributed by atoms with Crippen molar-refractivity contribution in [2.24, 2.45) is 5.41 Å². The Labute approximate surface area is 178 Å². The van der Waals surface area contributed by atoms with Crippen molar-refractivity contribution >= 4 is 5.70 Å². The predicted molar refractivity (Wildman–Crippen MR) is 128 cm³/mol. The summed E-state index contributed by atoms with van der Waals surface area (Å²) in [6.07, 6.45) is 14.9. The van der Waals surface area contributed by atoms with Crippen LogP contribution in [0.5, 0.6) is 0 Å². The summed E-state index contributed by atoms with van der Waals surface area (Å²) < 4.78 is 0. The molecule has 0 amide bonds. The molecule has 1 aromatic carbocycles. The van der Waals surface area contributed by atoms with Crippen LogP contribution in [0.3, 0.4) is 0 Å². The average molecular weight is 390 g/mol. The quantitative estimate of drug-likeness (QED) is 0.342. The van der Waals surface area contributed by atoms with Gasteiger partial charge in [-0.1, -0.05) is 58.1 Å². The highest BCUT2D eigenvalue weighted by Crippen LogP contribution is 2.43. The van der Waals surface area contributed by atoms with Crippen LogP contribution >= 0.6 is 0 Å². The number of hydrogen-bond acceptors (Lipinski definition) is 1. The number of aryl methyl sites for hydroxylation is 2. The van der Waals surface area contributed by atoms with Gasteiger partial charge in [-0.25, -0.2) is 0 Å². The maximum absolute atomic E-state index is 4.20. The van der Waals surface area contributed by atoms with Crippen molar-refractivity contribution in [2.45, 2.75) is 85.6 Å². The van der Waals surface area contributed by atoms with E-state index in [0.717, 1.165) is 25.7 Å². The van der Waals surface area contributed by atoms with Gasteiger partial charge in [-0.3, -0.25) is 0 Å². The third-order valence-corrected chi connectivity index (χ3v) is 6.57. The Morgan fingerprint density at radius 2 is 1.97 bits per heavy atom. The lowest BCUT2D eigenvalue weighted by molar-refractivity contribution is 0.188. The summed E-state index contributed by atoms with van der Waals surface area (Å²) in [5, 5.41) is 0. The normalized spacial score (nSPS) is 18.5. The third kappa shape index (κ3) is 4.60. The zero-order chi connectivity index (χ0) is 21.2. The number of fused-ring (bicyclic) bond motifs is 3. The highest BCUT2D eigenvalue weighted by molar-refractivity contribution is 5.73. The standard InChI is InChI=1S/C28H39N/c1-8-10-11-12-13-22-16-24-18-27(28(5,6)7)29-19-23(20(3)4)14-15-26(29)25(24)17-21(22)9-2/h8,15-17,19,27H,1,3,9-14,18H2,2,4-7H3. The largest absolute Gasteiger partial charge is 0.344 e. The first-order chi connectivity index (χ1) is 13.8. The molecule has 2 aliphatic heterocycles. The van der Waals surface area contributed by atoms with Crippen LogP contribution < -0.4 is 0 Å². The number of unbranched alkanes of at least 4 members (excludes halogenated alkanes) is 2. The first-order valence-electron chi connectivity index (χ1n) is 11.4. The molecule has 1 nitrogen and oxygen atoms in total. The predicted octanol–water partition coefficient (Wildman–Crippen LogP) is 7.63. The fraction of sp³-hybridized carbons (Fsp3) is 0.500. The number of allylic oxidation sites excluding steroid dienone is 4. The van der Waals surface area contributed by atoms with Gasteiger partial charge >= 0.3 is 0 Å². The Morgan fingerprint density at radius 3 is 2.59 bits per heavy atom. The number of hydrogen-bond donors (Lipinski definition) is 0. The molecule has 1 atom stereocenters. The first-order valence-corrected chi connectivity index (χ1v) is 11.4. The molecule has 3 rings (SSSR count). The molecule has 1 unspecified atom stereocenters. The van der Waals surface area contributed by atoms with Crippen molar-refractivity contribution in [2.75, 3.05) is 0 Å². The summed E-state index contributed by atoms with van der Waals surface area (Å²) >= 11 is 0. The Bertz CT molecular complexity index is 844. The summed E-state index contributed by atoms with van der Waals surface area (Å²) in [5.74, 6) is 0. The molecule has 0 bridgehead atoms. The highest BCUT2D eigenvalue weighted by Gasteiger charge is 2.37. The van der Waals surface area contributed by atoms with Gasteiger partial charge in [0.1, 0.15) is 0 Å². The van der Waals surface area contributed by atoms with Gasteiger partial charge < -0.3 is 4.90 Å². The molecule has 29 heavy (non-hydrogen) atoms. The van der Waals surface area contributed by atoms with Gasteiger partial charge in [0.2, 0.25) is 0 Å². The van der Waals surface area contributed by atoms with Crippen LogP contribution in [0.1, 0.15) is 82.6 Å². The second-order valence-corrected chi connectivity index (χ2v) is 9.89. The molecule has 0 radical (unpaired) electrons. The minimum absolute atomic E-state index is 0.207. The van der Waals surface area contributed by atoms with Crippen molar-refractivity contribution in [1.29, 1.82) is 0 Å². The van der Waals surface area contributed by atoms with E-state index in [0.29, 0.717) is 6.04 Å². The van der Waals surface area contributed by atoms with Crippen LogP contribution in [0.25, 0.3) is 5.70 Å². The van der Waals surface area contributed by atoms with E-state index in [1.54, 1.807) is 5.56 Å². The zero-order valence-electron chi connectivity index (χ0n) is 19.3. The molecule has 2 heterocycles. The Hall–Kier alpha value is -2.02. The van der Waals surface area contributed by atoms with Gasteiger partial charge in [0, 0.05) is 23.5 Å². The zero-order valence-corrected chi connectivity index (χ0v) is 19.3. The molecule has 0 N–H and O–H groups in total. The monoisotopic (exact) mass is 389 g/mol. The first kappa shape index (κ1) is 21.7. The van der Waals surface area contributed by atoms with E-state index >= 15 is 0 Å². The molecule has 0 spiro atoms. The van der Waals surface area contributed by atoms with Gasteiger partial charge in [-0.2, -0.15) is 0 Å². The summed E-state index contributed by atoms with van der Waals surface area (Å²) in [5.41, 5.74) is 10.2. The number of benzene rings is 1. The topological polar surface area (TPSA) is 3.24 Å². The maximum atomic E-state index is 4.20. The minimum atomic E-state index is 0.207. The Kier molecular flexibility index (Phi) is 6.56. The summed E-state index contributed by atoms with van der Waals surface area (Å²) in [4.78, 5) is 2.55. The Morgan fingerprint density at radius 1 is 1.21 bits per heavy atom. The van der Waals surface area contributed by atoms with Gasteiger partial charge in [-0.15, -0.1) is 6.58 Å². The lowest BCUT2D eigenvalue weighted by Gasteiger charge is -2.47. The maximum Gasteiger partial charge on any atom is 0.0448 e. The second-order valence-electron chi connectivity index (χ2n) is 9.89. The third-order valence-electron chi connectivity index (χ3n) is 6.57. The molecule has 2 aliphatic rings. The van der Waals surface area contributed by atoms with Crippen molar-refractivity contribution in [3.05, 3.63) is 77.0 Å². The van der Waals surface area contributed by atoms with Crippen LogP contribution in [-0.2, 0) is 19.3 Å². The fourth-order valence-electron chi connectivity index (χ4n) is 4.74. The lowest BCUT2D eigenvalue weighted by Crippen LogP contribution is -2.45.